The summed E-state index contributed by atoms with van der Waals surface area (Å²) in [5, 5.41) is 7.95. The Morgan fingerprint density at radius 2 is 2.10 bits per heavy atom. The van der Waals surface area contributed by atoms with E-state index in [1.165, 1.54) is 37.8 Å². The van der Waals surface area contributed by atoms with Crippen LogP contribution >= 0.6 is 0 Å². The van der Waals surface area contributed by atoms with Gasteiger partial charge in [0.2, 0.25) is 0 Å². The Kier molecular flexibility index (Phi) is 6.05. The quantitative estimate of drug-likeness (QED) is 0.834. The van der Waals surface area contributed by atoms with E-state index in [1.807, 2.05) is 17.9 Å². The third-order valence-corrected chi connectivity index (χ3v) is 4.40. The predicted molar refractivity (Wildman–Crippen MR) is 81.6 cm³/mol. The Bertz CT molecular complexity index is 385. The van der Waals surface area contributed by atoms with Crippen molar-refractivity contribution in [1.82, 2.24) is 15.1 Å². The molecule has 4 nitrogen and oxygen atoms in total. The number of nitrogens with zero attached hydrogens (tertiary/aromatic N) is 2. The second kappa shape index (κ2) is 7.79. The van der Waals surface area contributed by atoms with E-state index in [1.54, 1.807) is 0 Å². The molecule has 0 aromatic carbocycles. The van der Waals surface area contributed by atoms with Crippen LogP contribution in [0.2, 0.25) is 0 Å². The molecule has 2 unspecified atom stereocenters. The number of rotatable bonds is 7. The highest BCUT2D eigenvalue weighted by atomic mass is 16.5. The highest BCUT2D eigenvalue weighted by molar-refractivity contribution is 5.10. The molecule has 0 bridgehead atoms. The van der Waals surface area contributed by atoms with E-state index in [0.717, 1.165) is 13.2 Å². The molecule has 0 amide bonds. The predicted octanol–water partition coefficient (Wildman–Crippen LogP) is 3.06. The summed E-state index contributed by atoms with van der Waals surface area (Å²) in [5.41, 5.74) is 1.23. The van der Waals surface area contributed by atoms with Gasteiger partial charge >= 0.3 is 0 Å². The van der Waals surface area contributed by atoms with E-state index < -0.39 is 0 Å². The number of ether oxygens (including phenoxy) is 1. The van der Waals surface area contributed by atoms with Crippen LogP contribution in [0.5, 0.6) is 0 Å². The average Bonchev–Trinajstić information content (AvgIpc) is 2.90. The molecule has 0 aliphatic heterocycles. The van der Waals surface area contributed by atoms with Crippen molar-refractivity contribution in [2.45, 2.75) is 58.1 Å². The van der Waals surface area contributed by atoms with Crippen LogP contribution in [-0.4, -0.2) is 29.0 Å². The summed E-state index contributed by atoms with van der Waals surface area (Å²) in [6.45, 7) is 5.99. The van der Waals surface area contributed by atoms with E-state index in [4.69, 9.17) is 4.74 Å². The Labute approximate surface area is 122 Å². The number of likely N-dealkylation sites (N-methyl/N-ethyl adjacent to an activating group) is 1. The fourth-order valence-electron chi connectivity index (χ4n) is 3.46. The molecule has 2 atom stereocenters. The van der Waals surface area contributed by atoms with Crippen molar-refractivity contribution in [3.8, 4) is 0 Å². The molecule has 0 saturated heterocycles. The summed E-state index contributed by atoms with van der Waals surface area (Å²) in [7, 11) is 2.02. The molecule has 1 aromatic rings. The zero-order chi connectivity index (χ0) is 14.4. The highest BCUT2D eigenvalue weighted by Gasteiger charge is 2.33. The summed E-state index contributed by atoms with van der Waals surface area (Å²) in [6, 6.07) is 2.36. The topological polar surface area (TPSA) is 39.1 Å². The van der Waals surface area contributed by atoms with Crippen LogP contribution in [0.3, 0.4) is 0 Å². The van der Waals surface area contributed by atoms with Gasteiger partial charge in [-0.15, -0.1) is 0 Å². The minimum absolute atomic E-state index is 0.246. The molecule has 0 spiro atoms. The third-order valence-electron chi connectivity index (χ3n) is 4.40. The van der Waals surface area contributed by atoms with E-state index >= 15 is 0 Å². The summed E-state index contributed by atoms with van der Waals surface area (Å²) in [4.78, 5) is 0. The Morgan fingerprint density at radius 3 is 2.65 bits per heavy atom. The van der Waals surface area contributed by atoms with Crippen LogP contribution in [0, 0.1) is 5.92 Å². The first-order valence-electron chi connectivity index (χ1n) is 8.10. The summed E-state index contributed by atoms with van der Waals surface area (Å²) >= 11 is 0. The lowest BCUT2D eigenvalue weighted by Gasteiger charge is -2.36. The molecule has 1 heterocycles. The molecule has 1 aromatic heterocycles. The second-order valence-electron chi connectivity index (χ2n) is 5.73. The number of hydrogen-bond donors (Lipinski definition) is 1. The van der Waals surface area contributed by atoms with Crippen LogP contribution in [0.15, 0.2) is 12.3 Å². The fourth-order valence-corrected chi connectivity index (χ4v) is 3.46. The number of aromatic nitrogens is 2. The molecular formula is C16H29N3O. The first-order valence-corrected chi connectivity index (χ1v) is 8.10. The molecule has 1 fully saturated rings. The van der Waals surface area contributed by atoms with Gasteiger partial charge in [-0.1, -0.05) is 26.2 Å². The van der Waals surface area contributed by atoms with Crippen LogP contribution < -0.4 is 5.32 Å². The van der Waals surface area contributed by atoms with Crippen LogP contribution in [0.1, 0.15) is 57.7 Å². The van der Waals surface area contributed by atoms with Crippen molar-refractivity contribution >= 4 is 0 Å². The van der Waals surface area contributed by atoms with Gasteiger partial charge in [-0.2, -0.15) is 5.10 Å². The molecule has 1 N–H and O–H groups in total. The van der Waals surface area contributed by atoms with Gasteiger partial charge in [-0.05, 0) is 38.3 Å². The summed E-state index contributed by atoms with van der Waals surface area (Å²) < 4.78 is 8.15. The number of aryl methyl sites for hydroxylation is 1. The molecule has 114 valence electrons. The largest absolute Gasteiger partial charge is 0.376 e. The Morgan fingerprint density at radius 1 is 1.35 bits per heavy atom. The van der Waals surface area contributed by atoms with Crippen molar-refractivity contribution in [2.24, 2.45) is 13.0 Å². The lowest BCUT2D eigenvalue weighted by molar-refractivity contribution is -0.0197. The monoisotopic (exact) mass is 279 g/mol. The molecule has 2 rings (SSSR count). The Hall–Kier alpha value is -0.870. The maximum Gasteiger partial charge on any atom is 0.0812 e. The maximum atomic E-state index is 6.17. The Balaban J connectivity index is 2.19. The van der Waals surface area contributed by atoms with E-state index in [-0.39, 0.29) is 12.1 Å². The minimum atomic E-state index is 0.246. The van der Waals surface area contributed by atoms with Gasteiger partial charge in [0, 0.05) is 19.9 Å². The lowest BCUT2D eigenvalue weighted by Crippen LogP contribution is -2.40. The zero-order valence-corrected chi connectivity index (χ0v) is 13.1. The van der Waals surface area contributed by atoms with Crippen molar-refractivity contribution < 1.29 is 4.74 Å². The first kappa shape index (κ1) is 15.5. The van der Waals surface area contributed by atoms with Gasteiger partial charge < -0.3 is 10.1 Å². The summed E-state index contributed by atoms with van der Waals surface area (Å²) in [6.07, 6.45) is 8.80. The van der Waals surface area contributed by atoms with Crippen molar-refractivity contribution in [3.05, 3.63) is 18.0 Å². The normalized spacial score (nSPS) is 19.9. The molecule has 0 radical (unpaired) electrons. The van der Waals surface area contributed by atoms with Gasteiger partial charge in [-0.25, -0.2) is 0 Å². The second-order valence-corrected chi connectivity index (χ2v) is 5.73. The van der Waals surface area contributed by atoms with E-state index in [2.05, 4.69) is 30.3 Å². The fraction of sp³-hybridized carbons (Fsp3) is 0.812. The van der Waals surface area contributed by atoms with Crippen LogP contribution in [-0.2, 0) is 11.8 Å². The highest BCUT2D eigenvalue weighted by Crippen LogP contribution is 2.34. The molecule has 1 aliphatic rings. The van der Waals surface area contributed by atoms with Gasteiger partial charge in [0.15, 0.2) is 0 Å². The third kappa shape index (κ3) is 3.61. The molecule has 4 heteroatoms. The van der Waals surface area contributed by atoms with Crippen molar-refractivity contribution in [1.29, 1.82) is 0 Å². The maximum absolute atomic E-state index is 6.17. The summed E-state index contributed by atoms with van der Waals surface area (Å²) in [5.74, 6) is 0.669. The number of hydrogen-bond acceptors (Lipinski definition) is 3. The van der Waals surface area contributed by atoms with E-state index in [9.17, 15) is 0 Å². The molecule has 20 heavy (non-hydrogen) atoms. The molecule has 1 saturated carbocycles. The average molecular weight is 279 g/mol. The number of nitrogens with one attached hydrogen (secondary N) is 1. The van der Waals surface area contributed by atoms with Crippen LogP contribution in [0.25, 0.3) is 0 Å². The smallest absolute Gasteiger partial charge is 0.0812 e. The minimum Gasteiger partial charge on any atom is -0.376 e. The molecular weight excluding hydrogens is 250 g/mol. The van der Waals surface area contributed by atoms with Gasteiger partial charge in [0.1, 0.15) is 0 Å². The lowest BCUT2D eigenvalue weighted by atomic mass is 9.81. The van der Waals surface area contributed by atoms with Gasteiger partial charge in [-0.3, -0.25) is 4.68 Å². The van der Waals surface area contributed by atoms with Crippen molar-refractivity contribution in [2.75, 3.05) is 13.2 Å². The molecule has 1 aliphatic carbocycles. The first-order chi connectivity index (χ1) is 9.77. The van der Waals surface area contributed by atoms with Gasteiger partial charge in [0.25, 0.3) is 0 Å². The van der Waals surface area contributed by atoms with Gasteiger partial charge in [0.05, 0.1) is 17.8 Å². The van der Waals surface area contributed by atoms with E-state index in [0.29, 0.717) is 5.92 Å². The van der Waals surface area contributed by atoms with Crippen molar-refractivity contribution in [3.63, 3.8) is 0 Å². The van der Waals surface area contributed by atoms with Crippen LogP contribution in [0.4, 0.5) is 0 Å². The SMILES string of the molecule is CCNC(c1ccnn1C)C(OCC)C1CCCCC1. The zero-order valence-electron chi connectivity index (χ0n) is 13.1. The standard InChI is InChI=1S/C16H29N3O/c1-4-17-15(14-11-12-18-19(14)3)16(20-5-2)13-9-7-6-8-10-13/h11-13,15-17H,4-10H2,1-3H3.